The molecule has 1 aliphatic carbocycles. The molecule has 1 saturated carbocycles. The third-order valence-corrected chi connectivity index (χ3v) is 4.29. The molecule has 1 aliphatic rings. The third-order valence-electron chi connectivity index (χ3n) is 3.92. The zero-order chi connectivity index (χ0) is 15.2. The molecule has 1 aromatic carbocycles. The molecule has 0 spiro atoms. The molecular weight excluding hydrogens is 288 g/mol. The summed E-state index contributed by atoms with van der Waals surface area (Å²) in [6, 6.07) is 6.98. The van der Waals surface area contributed by atoms with Crippen LogP contribution in [0.1, 0.15) is 38.2 Å². The minimum absolute atomic E-state index is 0.128. The van der Waals surface area contributed by atoms with Gasteiger partial charge < -0.3 is 10.6 Å². The standard InChI is InChI=1S/C16H21ClN2O2/c1-11(20)19-15(12-6-2-3-7-12)16(21)18-10-13-8-4-5-9-14(13)17/h4-5,8-9,12,15H,2-3,6-7,10H2,1H3,(H,18,21)(H,19,20). The van der Waals surface area contributed by atoms with E-state index in [0.717, 1.165) is 31.2 Å². The van der Waals surface area contributed by atoms with Crippen LogP contribution in [0.15, 0.2) is 24.3 Å². The van der Waals surface area contributed by atoms with Crippen LogP contribution in [0.5, 0.6) is 0 Å². The minimum Gasteiger partial charge on any atom is -0.350 e. The smallest absolute Gasteiger partial charge is 0.243 e. The monoisotopic (exact) mass is 308 g/mol. The molecular formula is C16H21ClN2O2. The Bertz CT molecular complexity index is 513. The molecule has 2 rings (SSSR count). The Morgan fingerprint density at radius 2 is 1.95 bits per heavy atom. The van der Waals surface area contributed by atoms with Crippen LogP contribution in [0.2, 0.25) is 5.02 Å². The first-order chi connectivity index (χ1) is 10.1. The molecule has 1 fully saturated rings. The Morgan fingerprint density at radius 1 is 1.29 bits per heavy atom. The number of benzene rings is 1. The summed E-state index contributed by atoms with van der Waals surface area (Å²) in [4.78, 5) is 23.7. The number of hydrogen-bond donors (Lipinski definition) is 2. The van der Waals surface area contributed by atoms with E-state index < -0.39 is 6.04 Å². The van der Waals surface area contributed by atoms with Gasteiger partial charge in [0.05, 0.1) is 0 Å². The lowest BCUT2D eigenvalue weighted by molar-refractivity contribution is -0.129. The van der Waals surface area contributed by atoms with E-state index in [2.05, 4.69) is 10.6 Å². The van der Waals surface area contributed by atoms with Crippen LogP contribution in [0.25, 0.3) is 0 Å². The Balaban J connectivity index is 1.97. The molecule has 0 radical (unpaired) electrons. The Hall–Kier alpha value is -1.55. The summed E-state index contributed by atoms with van der Waals surface area (Å²) in [5.41, 5.74) is 0.875. The SMILES string of the molecule is CC(=O)NC(C(=O)NCc1ccccc1Cl)C1CCCC1. The van der Waals surface area contributed by atoms with Gasteiger partial charge >= 0.3 is 0 Å². The molecule has 114 valence electrons. The van der Waals surface area contributed by atoms with Gasteiger partial charge in [0, 0.05) is 18.5 Å². The first kappa shape index (κ1) is 15.8. The Morgan fingerprint density at radius 3 is 2.57 bits per heavy atom. The first-order valence-electron chi connectivity index (χ1n) is 7.36. The Labute approximate surface area is 130 Å². The molecule has 0 heterocycles. The van der Waals surface area contributed by atoms with Crippen molar-refractivity contribution in [2.45, 2.75) is 45.2 Å². The van der Waals surface area contributed by atoms with E-state index in [-0.39, 0.29) is 17.7 Å². The normalized spacial score (nSPS) is 16.5. The number of carbonyl (C=O) groups excluding carboxylic acids is 2. The molecule has 0 aliphatic heterocycles. The predicted octanol–water partition coefficient (Wildman–Crippen LogP) is 2.65. The average Bonchev–Trinajstić information content (AvgIpc) is 2.97. The van der Waals surface area contributed by atoms with Crippen LogP contribution < -0.4 is 10.6 Å². The summed E-state index contributed by atoms with van der Waals surface area (Å²) in [7, 11) is 0. The highest BCUT2D eigenvalue weighted by Gasteiger charge is 2.31. The van der Waals surface area contributed by atoms with E-state index in [0.29, 0.717) is 11.6 Å². The lowest BCUT2D eigenvalue weighted by Crippen LogP contribution is -2.49. The molecule has 2 N–H and O–H groups in total. The maximum absolute atomic E-state index is 12.4. The molecule has 1 aromatic rings. The zero-order valence-corrected chi connectivity index (χ0v) is 13.0. The molecule has 1 unspecified atom stereocenters. The van der Waals surface area contributed by atoms with Gasteiger partial charge in [-0.25, -0.2) is 0 Å². The Kier molecular flexibility index (Phi) is 5.62. The fraction of sp³-hybridized carbons (Fsp3) is 0.500. The summed E-state index contributed by atoms with van der Waals surface area (Å²) < 4.78 is 0. The van der Waals surface area contributed by atoms with E-state index in [1.54, 1.807) is 6.07 Å². The maximum atomic E-state index is 12.4. The topological polar surface area (TPSA) is 58.2 Å². The van der Waals surface area contributed by atoms with E-state index in [9.17, 15) is 9.59 Å². The minimum atomic E-state index is -0.438. The van der Waals surface area contributed by atoms with Crippen molar-refractivity contribution in [3.05, 3.63) is 34.9 Å². The number of carbonyl (C=O) groups is 2. The molecule has 21 heavy (non-hydrogen) atoms. The number of amides is 2. The van der Waals surface area contributed by atoms with Crippen LogP contribution in [-0.4, -0.2) is 17.9 Å². The van der Waals surface area contributed by atoms with Gasteiger partial charge in [-0.3, -0.25) is 9.59 Å². The van der Waals surface area contributed by atoms with E-state index in [1.165, 1.54) is 6.92 Å². The first-order valence-corrected chi connectivity index (χ1v) is 7.74. The van der Waals surface area contributed by atoms with Crippen molar-refractivity contribution in [2.75, 3.05) is 0 Å². The average molecular weight is 309 g/mol. The van der Waals surface area contributed by atoms with E-state index >= 15 is 0 Å². The highest BCUT2D eigenvalue weighted by molar-refractivity contribution is 6.31. The highest BCUT2D eigenvalue weighted by atomic mass is 35.5. The molecule has 0 aromatic heterocycles. The van der Waals surface area contributed by atoms with Crippen molar-refractivity contribution < 1.29 is 9.59 Å². The van der Waals surface area contributed by atoms with Crippen LogP contribution in [-0.2, 0) is 16.1 Å². The van der Waals surface area contributed by atoms with Gasteiger partial charge in [-0.05, 0) is 30.4 Å². The second kappa shape index (κ2) is 7.46. The quantitative estimate of drug-likeness (QED) is 0.878. The van der Waals surface area contributed by atoms with Gasteiger partial charge in [0.25, 0.3) is 0 Å². The van der Waals surface area contributed by atoms with Crippen molar-refractivity contribution in [1.29, 1.82) is 0 Å². The summed E-state index contributed by atoms with van der Waals surface area (Å²) in [6.45, 7) is 1.82. The van der Waals surface area contributed by atoms with Crippen LogP contribution in [0, 0.1) is 5.92 Å². The summed E-state index contributed by atoms with van der Waals surface area (Å²) >= 11 is 6.08. The van der Waals surface area contributed by atoms with Gasteiger partial charge in [0.1, 0.15) is 6.04 Å². The second-order valence-corrected chi connectivity index (χ2v) is 5.94. The lowest BCUT2D eigenvalue weighted by Gasteiger charge is -2.23. The summed E-state index contributed by atoms with van der Waals surface area (Å²) in [6.07, 6.45) is 4.23. The van der Waals surface area contributed by atoms with E-state index in [1.807, 2.05) is 18.2 Å². The van der Waals surface area contributed by atoms with Crippen molar-refractivity contribution in [2.24, 2.45) is 5.92 Å². The van der Waals surface area contributed by atoms with Gasteiger partial charge in [-0.15, -0.1) is 0 Å². The molecule has 0 bridgehead atoms. The van der Waals surface area contributed by atoms with Crippen LogP contribution in [0.3, 0.4) is 0 Å². The zero-order valence-electron chi connectivity index (χ0n) is 12.2. The highest BCUT2D eigenvalue weighted by Crippen LogP contribution is 2.28. The van der Waals surface area contributed by atoms with Crippen LogP contribution >= 0.6 is 11.6 Å². The van der Waals surface area contributed by atoms with Crippen molar-refractivity contribution in [1.82, 2.24) is 10.6 Å². The summed E-state index contributed by atoms with van der Waals surface area (Å²) in [5, 5.41) is 6.31. The van der Waals surface area contributed by atoms with Gasteiger partial charge in [-0.2, -0.15) is 0 Å². The van der Waals surface area contributed by atoms with Gasteiger partial charge in [-0.1, -0.05) is 42.6 Å². The second-order valence-electron chi connectivity index (χ2n) is 5.53. The van der Waals surface area contributed by atoms with Crippen molar-refractivity contribution in [3.8, 4) is 0 Å². The third kappa shape index (κ3) is 4.46. The number of nitrogens with one attached hydrogen (secondary N) is 2. The number of hydrogen-bond acceptors (Lipinski definition) is 2. The van der Waals surface area contributed by atoms with E-state index in [4.69, 9.17) is 11.6 Å². The predicted molar refractivity (Wildman–Crippen MR) is 82.9 cm³/mol. The lowest BCUT2D eigenvalue weighted by atomic mass is 9.97. The van der Waals surface area contributed by atoms with Gasteiger partial charge in [0.15, 0.2) is 0 Å². The molecule has 5 heteroatoms. The number of rotatable bonds is 5. The molecule has 0 saturated heterocycles. The van der Waals surface area contributed by atoms with Gasteiger partial charge in [0.2, 0.25) is 11.8 Å². The van der Waals surface area contributed by atoms with Crippen molar-refractivity contribution >= 4 is 23.4 Å². The fourth-order valence-electron chi connectivity index (χ4n) is 2.84. The molecule has 2 amide bonds. The maximum Gasteiger partial charge on any atom is 0.243 e. The number of halogens is 1. The molecule has 1 atom stereocenters. The largest absolute Gasteiger partial charge is 0.350 e. The fourth-order valence-corrected chi connectivity index (χ4v) is 3.04. The summed E-state index contributed by atoms with van der Waals surface area (Å²) in [5.74, 6) is -0.0584. The van der Waals surface area contributed by atoms with Crippen LogP contribution in [0.4, 0.5) is 0 Å². The molecule has 4 nitrogen and oxygen atoms in total. The van der Waals surface area contributed by atoms with Crippen molar-refractivity contribution in [3.63, 3.8) is 0 Å².